The van der Waals surface area contributed by atoms with Gasteiger partial charge in [0.25, 0.3) is 0 Å². The van der Waals surface area contributed by atoms with Crippen LogP contribution in [0.4, 0.5) is 5.69 Å². The van der Waals surface area contributed by atoms with Gasteiger partial charge in [0.15, 0.2) is 0 Å². The second-order valence-electron chi connectivity index (χ2n) is 6.81. The summed E-state index contributed by atoms with van der Waals surface area (Å²) < 4.78 is 27.4. The SMILES string of the molecule is CCN(CC)C(=O)CN1CCCN(S(=O)(=O)c2ccc(NC(C)=O)cc2)CC1. The highest BCUT2D eigenvalue weighted by atomic mass is 32.2. The van der Waals surface area contributed by atoms with Crippen LogP contribution < -0.4 is 5.32 Å². The minimum absolute atomic E-state index is 0.0786. The second-order valence-corrected chi connectivity index (χ2v) is 8.74. The van der Waals surface area contributed by atoms with E-state index in [-0.39, 0.29) is 16.7 Å². The number of carbonyl (C=O) groups excluding carboxylic acids is 2. The minimum Gasteiger partial charge on any atom is -0.342 e. The number of amides is 2. The van der Waals surface area contributed by atoms with E-state index in [0.717, 1.165) is 0 Å². The van der Waals surface area contributed by atoms with Gasteiger partial charge in [0.2, 0.25) is 21.8 Å². The van der Waals surface area contributed by atoms with E-state index in [1.54, 1.807) is 17.0 Å². The first-order chi connectivity index (χ1) is 13.3. The van der Waals surface area contributed by atoms with Crippen LogP contribution in [0.1, 0.15) is 27.2 Å². The van der Waals surface area contributed by atoms with Crippen molar-refractivity contribution in [2.45, 2.75) is 32.1 Å². The van der Waals surface area contributed by atoms with Gasteiger partial charge in [-0.25, -0.2) is 8.42 Å². The van der Waals surface area contributed by atoms with Crippen LogP contribution in [0.5, 0.6) is 0 Å². The van der Waals surface area contributed by atoms with Crippen molar-refractivity contribution in [1.82, 2.24) is 14.1 Å². The highest BCUT2D eigenvalue weighted by molar-refractivity contribution is 7.89. The van der Waals surface area contributed by atoms with E-state index in [1.165, 1.54) is 23.4 Å². The Hall–Kier alpha value is -1.97. The van der Waals surface area contributed by atoms with Gasteiger partial charge in [0, 0.05) is 45.3 Å². The van der Waals surface area contributed by atoms with Crippen molar-refractivity contribution in [2.75, 3.05) is 51.1 Å². The Morgan fingerprint density at radius 1 is 1.04 bits per heavy atom. The third-order valence-electron chi connectivity index (χ3n) is 4.83. The van der Waals surface area contributed by atoms with Crippen LogP contribution in [-0.2, 0) is 19.6 Å². The Morgan fingerprint density at radius 2 is 1.68 bits per heavy atom. The van der Waals surface area contributed by atoms with Crippen LogP contribution in [0.25, 0.3) is 0 Å². The summed E-state index contributed by atoms with van der Waals surface area (Å²) in [5.41, 5.74) is 0.559. The molecule has 1 aromatic carbocycles. The van der Waals surface area contributed by atoms with E-state index in [4.69, 9.17) is 0 Å². The summed E-state index contributed by atoms with van der Waals surface area (Å²) in [7, 11) is -3.61. The molecule has 1 heterocycles. The van der Waals surface area contributed by atoms with Crippen molar-refractivity contribution in [1.29, 1.82) is 0 Å². The summed E-state index contributed by atoms with van der Waals surface area (Å²) in [6.07, 6.45) is 0.675. The van der Waals surface area contributed by atoms with Crippen molar-refractivity contribution in [3.63, 3.8) is 0 Å². The lowest BCUT2D eigenvalue weighted by atomic mass is 10.3. The van der Waals surface area contributed by atoms with Crippen LogP contribution in [-0.4, -0.2) is 80.2 Å². The van der Waals surface area contributed by atoms with Crippen molar-refractivity contribution in [3.05, 3.63) is 24.3 Å². The van der Waals surface area contributed by atoms with Gasteiger partial charge in [-0.05, 0) is 51.1 Å². The number of nitrogens with zero attached hydrogens (tertiary/aromatic N) is 3. The fourth-order valence-corrected chi connectivity index (χ4v) is 4.75. The molecule has 156 valence electrons. The zero-order chi connectivity index (χ0) is 20.7. The lowest BCUT2D eigenvalue weighted by Gasteiger charge is -2.25. The quantitative estimate of drug-likeness (QED) is 0.730. The van der Waals surface area contributed by atoms with Gasteiger partial charge < -0.3 is 10.2 Å². The Bertz CT molecular complexity index is 776. The average Bonchev–Trinajstić information content (AvgIpc) is 2.89. The highest BCUT2D eigenvalue weighted by Crippen LogP contribution is 2.20. The van der Waals surface area contributed by atoms with Gasteiger partial charge in [-0.1, -0.05) is 0 Å². The number of sulfonamides is 1. The van der Waals surface area contributed by atoms with Crippen LogP contribution in [0.2, 0.25) is 0 Å². The number of carbonyl (C=O) groups is 2. The molecular formula is C19H30N4O4S. The number of nitrogens with one attached hydrogen (secondary N) is 1. The first kappa shape index (κ1) is 22.3. The predicted molar refractivity (Wildman–Crippen MR) is 108 cm³/mol. The number of hydrogen-bond acceptors (Lipinski definition) is 5. The average molecular weight is 411 g/mol. The van der Waals surface area contributed by atoms with Gasteiger partial charge in [0.05, 0.1) is 11.4 Å². The largest absolute Gasteiger partial charge is 0.342 e. The molecule has 0 atom stereocenters. The molecule has 1 aliphatic rings. The van der Waals surface area contributed by atoms with E-state index in [0.29, 0.717) is 57.9 Å². The maximum absolute atomic E-state index is 12.9. The van der Waals surface area contributed by atoms with Gasteiger partial charge in [-0.3, -0.25) is 14.5 Å². The molecule has 28 heavy (non-hydrogen) atoms. The smallest absolute Gasteiger partial charge is 0.243 e. The summed E-state index contributed by atoms with van der Waals surface area (Å²) in [6, 6.07) is 6.18. The van der Waals surface area contributed by atoms with E-state index in [9.17, 15) is 18.0 Å². The third-order valence-corrected chi connectivity index (χ3v) is 6.75. The standard InChI is InChI=1S/C19H30N4O4S/c1-4-22(5-2)19(25)15-21-11-6-12-23(14-13-21)28(26,27)18-9-7-17(8-10-18)20-16(3)24/h7-10H,4-6,11-15H2,1-3H3,(H,20,24). The molecule has 2 rings (SSSR count). The Morgan fingerprint density at radius 3 is 2.25 bits per heavy atom. The number of likely N-dealkylation sites (N-methyl/N-ethyl adjacent to an activating group) is 1. The first-order valence-electron chi connectivity index (χ1n) is 9.65. The van der Waals surface area contributed by atoms with Crippen LogP contribution in [0.15, 0.2) is 29.2 Å². The van der Waals surface area contributed by atoms with Crippen LogP contribution in [0, 0.1) is 0 Å². The molecule has 0 aromatic heterocycles. The molecule has 9 heteroatoms. The molecule has 0 radical (unpaired) electrons. The van der Waals surface area contributed by atoms with Gasteiger partial charge >= 0.3 is 0 Å². The summed E-state index contributed by atoms with van der Waals surface area (Å²) in [6.45, 7) is 8.98. The molecule has 0 saturated carbocycles. The minimum atomic E-state index is -3.61. The van der Waals surface area contributed by atoms with Crippen LogP contribution in [0.3, 0.4) is 0 Å². The number of rotatable bonds is 7. The lowest BCUT2D eigenvalue weighted by Crippen LogP contribution is -2.42. The normalized spacial score (nSPS) is 16.4. The first-order valence-corrected chi connectivity index (χ1v) is 11.1. The predicted octanol–water partition coefficient (Wildman–Crippen LogP) is 1.21. The highest BCUT2D eigenvalue weighted by Gasteiger charge is 2.27. The third kappa shape index (κ3) is 5.76. The summed E-state index contributed by atoms with van der Waals surface area (Å²) in [5, 5.41) is 2.63. The number of anilines is 1. The summed E-state index contributed by atoms with van der Waals surface area (Å²) in [4.78, 5) is 27.4. The molecule has 0 bridgehead atoms. The zero-order valence-corrected chi connectivity index (χ0v) is 17.7. The van der Waals surface area contributed by atoms with E-state index >= 15 is 0 Å². The molecular weight excluding hydrogens is 380 g/mol. The van der Waals surface area contributed by atoms with E-state index in [2.05, 4.69) is 5.32 Å². The topological polar surface area (TPSA) is 90.0 Å². The van der Waals surface area contributed by atoms with Gasteiger partial charge in [0.1, 0.15) is 0 Å². The molecule has 1 N–H and O–H groups in total. The molecule has 2 amide bonds. The summed E-state index contributed by atoms with van der Waals surface area (Å²) in [5.74, 6) is -0.127. The fraction of sp³-hybridized carbons (Fsp3) is 0.579. The van der Waals surface area contributed by atoms with Gasteiger partial charge in [-0.15, -0.1) is 0 Å². The second kappa shape index (κ2) is 9.99. The lowest BCUT2D eigenvalue weighted by molar-refractivity contribution is -0.132. The van der Waals surface area contributed by atoms with Gasteiger partial charge in [-0.2, -0.15) is 4.31 Å². The fourth-order valence-electron chi connectivity index (χ4n) is 3.28. The van der Waals surface area contributed by atoms with Crippen molar-refractivity contribution in [2.24, 2.45) is 0 Å². The molecule has 0 aliphatic carbocycles. The zero-order valence-electron chi connectivity index (χ0n) is 16.8. The monoisotopic (exact) mass is 410 g/mol. The molecule has 0 unspecified atom stereocenters. The number of benzene rings is 1. The van der Waals surface area contributed by atoms with Crippen molar-refractivity contribution >= 4 is 27.5 Å². The molecule has 1 saturated heterocycles. The maximum atomic E-state index is 12.9. The Labute approximate surface area is 167 Å². The Balaban J connectivity index is 2.02. The van der Waals surface area contributed by atoms with Crippen molar-refractivity contribution in [3.8, 4) is 0 Å². The maximum Gasteiger partial charge on any atom is 0.243 e. The molecule has 1 fully saturated rings. The summed E-state index contributed by atoms with van der Waals surface area (Å²) >= 11 is 0. The Kier molecular flexibility index (Phi) is 7.97. The van der Waals surface area contributed by atoms with E-state index < -0.39 is 10.0 Å². The molecule has 1 aliphatic heterocycles. The van der Waals surface area contributed by atoms with E-state index in [1.807, 2.05) is 18.7 Å². The number of hydrogen-bond donors (Lipinski definition) is 1. The van der Waals surface area contributed by atoms with Crippen LogP contribution >= 0.6 is 0 Å². The molecule has 0 spiro atoms. The molecule has 8 nitrogen and oxygen atoms in total. The van der Waals surface area contributed by atoms with Crippen molar-refractivity contribution < 1.29 is 18.0 Å². The molecule has 1 aromatic rings.